The van der Waals surface area contributed by atoms with Gasteiger partial charge in [-0.2, -0.15) is 0 Å². The van der Waals surface area contributed by atoms with Crippen molar-refractivity contribution in [3.05, 3.63) is 15.6 Å². The van der Waals surface area contributed by atoms with Gasteiger partial charge in [0.25, 0.3) is 0 Å². The Morgan fingerprint density at radius 3 is 2.71 bits per heavy atom. The summed E-state index contributed by atoms with van der Waals surface area (Å²) in [5.41, 5.74) is 1.34. The average Bonchev–Trinajstić information content (AvgIpc) is 2.59. The van der Waals surface area contributed by atoms with E-state index in [-0.39, 0.29) is 0 Å². The van der Waals surface area contributed by atoms with Crippen molar-refractivity contribution in [1.29, 1.82) is 0 Å². The topological polar surface area (TPSA) is 24.9 Å². The molecule has 1 aliphatic heterocycles. The first-order chi connectivity index (χ1) is 8.15. The molecule has 0 amide bonds. The van der Waals surface area contributed by atoms with Crippen LogP contribution < -0.4 is 5.32 Å². The molecule has 1 fully saturated rings. The lowest BCUT2D eigenvalue weighted by Crippen LogP contribution is -2.28. The van der Waals surface area contributed by atoms with Crippen LogP contribution in [0, 0.1) is 18.8 Å². The molecule has 1 saturated heterocycles. The van der Waals surface area contributed by atoms with Crippen molar-refractivity contribution in [3.63, 3.8) is 0 Å². The third-order valence-electron chi connectivity index (χ3n) is 3.46. The Morgan fingerprint density at radius 2 is 2.06 bits per heavy atom. The molecule has 1 N–H and O–H groups in total. The van der Waals surface area contributed by atoms with E-state index >= 15 is 0 Å². The van der Waals surface area contributed by atoms with Gasteiger partial charge < -0.3 is 5.32 Å². The molecule has 96 valence electrons. The molecular formula is C14H24N2S. The SMILES string of the molecule is Cc1sc(CC2CCNCC2)nc1CC(C)C. The van der Waals surface area contributed by atoms with Crippen molar-refractivity contribution in [2.75, 3.05) is 13.1 Å². The molecule has 0 aromatic carbocycles. The van der Waals surface area contributed by atoms with Crippen LogP contribution in [0.5, 0.6) is 0 Å². The summed E-state index contributed by atoms with van der Waals surface area (Å²) in [4.78, 5) is 6.28. The smallest absolute Gasteiger partial charge is 0.0933 e. The number of aromatic nitrogens is 1. The first kappa shape index (κ1) is 13.0. The lowest BCUT2D eigenvalue weighted by Gasteiger charge is -2.21. The average molecular weight is 252 g/mol. The highest BCUT2D eigenvalue weighted by atomic mass is 32.1. The van der Waals surface area contributed by atoms with Crippen molar-refractivity contribution in [2.45, 2.75) is 46.5 Å². The van der Waals surface area contributed by atoms with Gasteiger partial charge in [-0.1, -0.05) is 13.8 Å². The van der Waals surface area contributed by atoms with E-state index in [2.05, 4.69) is 26.1 Å². The predicted molar refractivity (Wildman–Crippen MR) is 74.7 cm³/mol. The van der Waals surface area contributed by atoms with Gasteiger partial charge in [-0.05, 0) is 51.1 Å². The van der Waals surface area contributed by atoms with Crippen LogP contribution in [-0.2, 0) is 12.8 Å². The zero-order valence-corrected chi connectivity index (χ0v) is 12.1. The summed E-state index contributed by atoms with van der Waals surface area (Å²) >= 11 is 1.92. The fraction of sp³-hybridized carbons (Fsp3) is 0.786. The van der Waals surface area contributed by atoms with E-state index in [0.717, 1.165) is 12.3 Å². The van der Waals surface area contributed by atoms with Gasteiger partial charge in [0.1, 0.15) is 0 Å². The highest BCUT2D eigenvalue weighted by molar-refractivity contribution is 7.11. The minimum atomic E-state index is 0.711. The number of piperidine rings is 1. The van der Waals surface area contributed by atoms with Crippen molar-refractivity contribution in [3.8, 4) is 0 Å². The minimum Gasteiger partial charge on any atom is -0.317 e. The van der Waals surface area contributed by atoms with Crippen LogP contribution in [0.4, 0.5) is 0 Å². The zero-order chi connectivity index (χ0) is 12.3. The fourth-order valence-electron chi connectivity index (χ4n) is 2.48. The van der Waals surface area contributed by atoms with Crippen molar-refractivity contribution >= 4 is 11.3 Å². The number of thiazole rings is 1. The molecule has 0 aliphatic carbocycles. The third kappa shape index (κ3) is 3.78. The summed E-state index contributed by atoms with van der Waals surface area (Å²) in [5, 5.41) is 4.79. The second kappa shape index (κ2) is 5.96. The van der Waals surface area contributed by atoms with Gasteiger partial charge in [0.2, 0.25) is 0 Å². The molecule has 17 heavy (non-hydrogen) atoms. The first-order valence-electron chi connectivity index (χ1n) is 6.81. The molecule has 0 bridgehead atoms. The molecular weight excluding hydrogens is 228 g/mol. The van der Waals surface area contributed by atoms with E-state index in [1.54, 1.807) is 0 Å². The Kier molecular flexibility index (Phi) is 4.57. The van der Waals surface area contributed by atoms with Crippen molar-refractivity contribution in [1.82, 2.24) is 10.3 Å². The Bertz CT molecular complexity index is 351. The number of rotatable bonds is 4. The second-order valence-corrected chi connectivity index (χ2v) is 6.89. The van der Waals surface area contributed by atoms with Crippen LogP contribution in [0.1, 0.15) is 42.3 Å². The lowest BCUT2D eigenvalue weighted by atomic mass is 9.95. The van der Waals surface area contributed by atoms with Crippen LogP contribution in [0.3, 0.4) is 0 Å². The van der Waals surface area contributed by atoms with Crippen LogP contribution in [0.2, 0.25) is 0 Å². The number of aryl methyl sites for hydroxylation is 1. The standard InChI is InChI=1S/C14H24N2S/c1-10(2)8-13-11(3)17-14(16-13)9-12-4-6-15-7-5-12/h10,12,15H,4-9H2,1-3H3. The second-order valence-electron chi connectivity index (χ2n) is 5.61. The van der Waals surface area contributed by atoms with Crippen molar-refractivity contribution < 1.29 is 0 Å². The molecule has 1 aromatic rings. The van der Waals surface area contributed by atoms with Crippen LogP contribution in [0.25, 0.3) is 0 Å². The quantitative estimate of drug-likeness (QED) is 0.890. The van der Waals surface area contributed by atoms with E-state index in [0.29, 0.717) is 5.92 Å². The Balaban J connectivity index is 1.96. The van der Waals surface area contributed by atoms with Gasteiger partial charge in [-0.3, -0.25) is 0 Å². The molecule has 1 aliphatic rings. The first-order valence-corrected chi connectivity index (χ1v) is 7.62. The summed E-state index contributed by atoms with van der Waals surface area (Å²) in [5.74, 6) is 1.57. The predicted octanol–water partition coefficient (Wildman–Crippen LogP) is 3.19. The Labute approximate surface area is 109 Å². The number of nitrogens with zero attached hydrogens (tertiary/aromatic N) is 1. The molecule has 2 rings (SSSR count). The summed E-state index contributed by atoms with van der Waals surface area (Å²) in [6.07, 6.45) is 4.97. The number of hydrogen-bond acceptors (Lipinski definition) is 3. The Morgan fingerprint density at radius 1 is 1.35 bits per heavy atom. The van der Waals surface area contributed by atoms with Crippen LogP contribution in [0.15, 0.2) is 0 Å². The van der Waals surface area contributed by atoms with Gasteiger partial charge in [0.05, 0.1) is 10.7 Å². The molecule has 0 unspecified atom stereocenters. The molecule has 0 radical (unpaired) electrons. The van der Waals surface area contributed by atoms with Crippen LogP contribution >= 0.6 is 11.3 Å². The van der Waals surface area contributed by atoms with Gasteiger partial charge in [0.15, 0.2) is 0 Å². The van der Waals surface area contributed by atoms with Crippen molar-refractivity contribution in [2.24, 2.45) is 11.8 Å². The maximum Gasteiger partial charge on any atom is 0.0933 e. The summed E-state index contributed by atoms with van der Waals surface area (Å²) < 4.78 is 0. The van der Waals surface area contributed by atoms with Gasteiger partial charge in [-0.15, -0.1) is 11.3 Å². The molecule has 2 heterocycles. The lowest BCUT2D eigenvalue weighted by molar-refractivity contribution is 0.372. The minimum absolute atomic E-state index is 0.711. The van der Waals surface area contributed by atoms with E-state index in [1.807, 2.05) is 11.3 Å². The van der Waals surface area contributed by atoms with Gasteiger partial charge >= 0.3 is 0 Å². The third-order valence-corrected chi connectivity index (χ3v) is 4.50. The molecule has 0 saturated carbocycles. The van der Waals surface area contributed by atoms with Gasteiger partial charge in [-0.25, -0.2) is 4.98 Å². The normalized spacial score (nSPS) is 17.9. The van der Waals surface area contributed by atoms with Crippen LogP contribution in [-0.4, -0.2) is 18.1 Å². The molecule has 2 nitrogen and oxygen atoms in total. The molecule has 3 heteroatoms. The maximum absolute atomic E-state index is 4.84. The summed E-state index contributed by atoms with van der Waals surface area (Å²) in [7, 11) is 0. The van der Waals surface area contributed by atoms with Gasteiger partial charge in [0, 0.05) is 11.3 Å². The molecule has 1 aromatic heterocycles. The highest BCUT2D eigenvalue weighted by Crippen LogP contribution is 2.25. The fourth-order valence-corrected chi connectivity index (χ4v) is 3.56. The summed E-state index contributed by atoms with van der Waals surface area (Å²) in [6.45, 7) is 9.14. The van der Waals surface area contributed by atoms with E-state index in [1.165, 1.54) is 47.9 Å². The number of hydrogen-bond donors (Lipinski definition) is 1. The number of nitrogens with one attached hydrogen (secondary N) is 1. The van der Waals surface area contributed by atoms with E-state index < -0.39 is 0 Å². The maximum atomic E-state index is 4.84. The molecule has 0 spiro atoms. The Hall–Kier alpha value is -0.410. The van der Waals surface area contributed by atoms with E-state index in [4.69, 9.17) is 4.98 Å². The monoisotopic (exact) mass is 252 g/mol. The highest BCUT2D eigenvalue weighted by Gasteiger charge is 2.16. The largest absolute Gasteiger partial charge is 0.317 e. The zero-order valence-electron chi connectivity index (χ0n) is 11.3. The molecule has 0 atom stereocenters. The summed E-state index contributed by atoms with van der Waals surface area (Å²) in [6, 6.07) is 0. The van der Waals surface area contributed by atoms with E-state index in [9.17, 15) is 0 Å².